The third-order valence-electron chi connectivity index (χ3n) is 3.45. The Hall–Kier alpha value is -1.24. The summed E-state index contributed by atoms with van der Waals surface area (Å²) in [5, 5.41) is 0. The first kappa shape index (κ1) is 15.2. The Balaban J connectivity index is 2.20. The molecule has 112 valence electrons. The largest absolute Gasteiger partial charge is 0.368 e. The third-order valence-corrected chi connectivity index (χ3v) is 3.45. The molecule has 1 aromatic rings. The number of nitrogens with one attached hydrogen (secondary N) is 1. The highest BCUT2D eigenvalue weighted by molar-refractivity contribution is 5.35. The molecule has 0 radical (unpaired) electrons. The minimum absolute atomic E-state index is 0.0667. The molecule has 6 heteroatoms. The smallest absolute Gasteiger partial charge is 0.161 e. The van der Waals surface area contributed by atoms with Gasteiger partial charge in [-0.05, 0) is 18.9 Å². The van der Waals surface area contributed by atoms with Crippen LogP contribution in [0.3, 0.4) is 0 Å². The van der Waals surface area contributed by atoms with Gasteiger partial charge in [0.2, 0.25) is 0 Å². The van der Waals surface area contributed by atoms with Crippen molar-refractivity contribution >= 4 is 5.82 Å². The fraction of sp³-hybridized carbons (Fsp3) is 0.714. The standard InChI is InChI=1S/C14H25N5O/c1-4-19-5-6-20-12(9-19)14-16-11(7-10(2)3)8-13(17-14)18-15/h8,10,12H,4-7,9,15H2,1-3H3,(H,16,17,18). The second-order valence-electron chi connectivity index (χ2n) is 5.60. The number of hydrogen-bond acceptors (Lipinski definition) is 6. The van der Waals surface area contributed by atoms with Crippen LogP contribution in [0.2, 0.25) is 0 Å². The van der Waals surface area contributed by atoms with Crippen LogP contribution >= 0.6 is 0 Å². The van der Waals surface area contributed by atoms with E-state index in [1.54, 1.807) is 0 Å². The number of aromatic nitrogens is 2. The summed E-state index contributed by atoms with van der Waals surface area (Å²) >= 11 is 0. The van der Waals surface area contributed by atoms with Gasteiger partial charge in [0.05, 0.1) is 6.61 Å². The topological polar surface area (TPSA) is 76.3 Å². The van der Waals surface area contributed by atoms with Crippen LogP contribution in [0, 0.1) is 5.92 Å². The number of rotatable bonds is 5. The highest BCUT2D eigenvalue weighted by atomic mass is 16.5. The molecule has 1 unspecified atom stereocenters. The van der Waals surface area contributed by atoms with Gasteiger partial charge < -0.3 is 10.2 Å². The number of likely N-dealkylation sites (N-methyl/N-ethyl adjacent to an activating group) is 1. The van der Waals surface area contributed by atoms with E-state index in [0.29, 0.717) is 11.7 Å². The lowest BCUT2D eigenvalue weighted by molar-refractivity contribution is -0.0326. The van der Waals surface area contributed by atoms with Crippen molar-refractivity contribution in [1.29, 1.82) is 0 Å². The first-order valence-electron chi connectivity index (χ1n) is 7.30. The molecule has 0 saturated carbocycles. The van der Waals surface area contributed by atoms with Gasteiger partial charge in [-0.1, -0.05) is 20.8 Å². The second-order valence-corrected chi connectivity index (χ2v) is 5.60. The van der Waals surface area contributed by atoms with Gasteiger partial charge in [0.1, 0.15) is 11.9 Å². The van der Waals surface area contributed by atoms with Crippen LogP contribution in [0.1, 0.15) is 38.4 Å². The minimum Gasteiger partial charge on any atom is -0.368 e. The van der Waals surface area contributed by atoms with Gasteiger partial charge in [-0.15, -0.1) is 0 Å². The van der Waals surface area contributed by atoms with E-state index in [-0.39, 0.29) is 6.10 Å². The number of nitrogens with zero attached hydrogens (tertiary/aromatic N) is 3. The van der Waals surface area contributed by atoms with E-state index in [0.717, 1.165) is 44.2 Å². The predicted octanol–water partition coefficient (Wildman–Crippen LogP) is 1.35. The molecule has 1 aliphatic heterocycles. The second kappa shape index (κ2) is 6.97. The molecule has 0 aliphatic carbocycles. The molecule has 1 fully saturated rings. The van der Waals surface area contributed by atoms with E-state index in [9.17, 15) is 0 Å². The molecule has 3 N–H and O–H groups in total. The first-order valence-corrected chi connectivity index (χ1v) is 7.30. The fourth-order valence-corrected chi connectivity index (χ4v) is 2.40. The molecule has 2 heterocycles. The summed E-state index contributed by atoms with van der Waals surface area (Å²) < 4.78 is 5.82. The van der Waals surface area contributed by atoms with E-state index in [2.05, 4.69) is 41.1 Å². The summed E-state index contributed by atoms with van der Waals surface area (Å²) in [7, 11) is 0. The van der Waals surface area contributed by atoms with Crippen molar-refractivity contribution < 1.29 is 4.74 Å². The maximum absolute atomic E-state index is 5.82. The van der Waals surface area contributed by atoms with Crippen LogP contribution in [0.15, 0.2) is 6.07 Å². The summed E-state index contributed by atoms with van der Waals surface area (Å²) in [6.07, 6.45) is 0.844. The molecule has 1 saturated heterocycles. The Kier molecular flexibility index (Phi) is 5.28. The maximum Gasteiger partial charge on any atom is 0.161 e. The Morgan fingerprint density at radius 1 is 1.50 bits per heavy atom. The van der Waals surface area contributed by atoms with Crippen LogP contribution in [-0.2, 0) is 11.2 Å². The lowest BCUT2D eigenvalue weighted by atomic mass is 10.1. The Labute approximate surface area is 120 Å². The molecular formula is C14H25N5O. The Morgan fingerprint density at radius 2 is 2.30 bits per heavy atom. The number of nitrogens with two attached hydrogens (primary N) is 1. The number of ether oxygens (including phenoxy) is 1. The van der Waals surface area contributed by atoms with E-state index in [4.69, 9.17) is 10.6 Å². The molecule has 0 spiro atoms. The van der Waals surface area contributed by atoms with Crippen LogP contribution in [0.5, 0.6) is 0 Å². The van der Waals surface area contributed by atoms with Gasteiger partial charge in [0.15, 0.2) is 5.82 Å². The van der Waals surface area contributed by atoms with E-state index >= 15 is 0 Å². The zero-order valence-electron chi connectivity index (χ0n) is 12.6. The highest BCUT2D eigenvalue weighted by Crippen LogP contribution is 2.21. The Bertz CT molecular complexity index is 438. The lowest BCUT2D eigenvalue weighted by Crippen LogP contribution is -2.38. The number of hydrogen-bond donors (Lipinski definition) is 2. The molecular weight excluding hydrogens is 254 g/mol. The molecule has 6 nitrogen and oxygen atoms in total. The molecule has 0 amide bonds. The highest BCUT2D eigenvalue weighted by Gasteiger charge is 2.24. The normalized spacial score (nSPS) is 20.4. The van der Waals surface area contributed by atoms with Crippen molar-refractivity contribution in [3.8, 4) is 0 Å². The van der Waals surface area contributed by atoms with Crippen molar-refractivity contribution in [1.82, 2.24) is 14.9 Å². The van der Waals surface area contributed by atoms with Crippen LogP contribution in [0.4, 0.5) is 5.82 Å². The van der Waals surface area contributed by atoms with Crippen molar-refractivity contribution in [3.63, 3.8) is 0 Å². The van der Waals surface area contributed by atoms with Crippen molar-refractivity contribution in [2.24, 2.45) is 11.8 Å². The SMILES string of the molecule is CCN1CCOC(c2nc(CC(C)C)cc(NN)n2)C1. The molecule has 1 atom stereocenters. The molecule has 0 aromatic carbocycles. The van der Waals surface area contributed by atoms with E-state index in [1.807, 2.05) is 6.07 Å². The van der Waals surface area contributed by atoms with Gasteiger partial charge in [-0.25, -0.2) is 15.8 Å². The molecule has 0 bridgehead atoms. The third kappa shape index (κ3) is 3.88. The van der Waals surface area contributed by atoms with E-state index in [1.165, 1.54) is 0 Å². The minimum atomic E-state index is -0.0667. The number of hydrazine groups is 1. The Morgan fingerprint density at radius 3 is 2.95 bits per heavy atom. The summed E-state index contributed by atoms with van der Waals surface area (Å²) in [5.41, 5.74) is 3.63. The van der Waals surface area contributed by atoms with Gasteiger partial charge in [-0.3, -0.25) is 4.90 Å². The lowest BCUT2D eigenvalue weighted by Gasteiger charge is -2.31. The molecule has 20 heavy (non-hydrogen) atoms. The summed E-state index contributed by atoms with van der Waals surface area (Å²) in [6, 6.07) is 1.91. The van der Waals surface area contributed by atoms with Crippen molar-refractivity contribution in [3.05, 3.63) is 17.6 Å². The predicted molar refractivity (Wildman–Crippen MR) is 79.2 cm³/mol. The van der Waals surface area contributed by atoms with Gasteiger partial charge in [0, 0.05) is 24.8 Å². The van der Waals surface area contributed by atoms with E-state index < -0.39 is 0 Å². The number of nitrogen functional groups attached to an aromatic ring is 1. The number of morpholine rings is 1. The zero-order chi connectivity index (χ0) is 14.5. The van der Waals surface area contributed by atoms with Gasteiger partial charge in [0.25, 0.3) is 0 Å². The summed E-state index contributed by atoms with van der Waals surface area (Å²) in [6.45, 7) is 10.1. The first-order chi connectivity index (χ1) is 9.62. The summed E-state index contributed by atoms with van der Waals surface area (Å²) in [5.74, 6) is 7.44. The van der Waals surface area contributed by atoms with Gasteiger partial charge >= 0.3 is 0 Å². The summed E-state index contributed by atoms with van der Waals surface area (Å²) in [4.78, 5) is 11.5. The van der Waals surface area contributed by atoms with Crippen LogP contribution in [0.25, 0.3) is 0 Å². The monoisotopic (exact) mass is 279 g/mol. The molecule has 1 aromatic heterocycles. The van der Waals surface area contributed by atoms with Crippen molar-refractivity contribution in [2.45, 2.75) is 33.3 Å². The van der Waals surface area contributed by atoms with Crippen molar-refractivity contribution in [2.75, 3.05) is 31.7 Å². The molecule has 2 rings (SSSR count). The van der Waals surface area contributed by atoms with Crippen LogP contribution < -0.4 is 11.3 Å². The number of anilines is 1. The quantitative estimate of drug-likeness (QED) is 0.626. The average molecular weight is 279 g/mol. The molecule has 1 aliphatic rings. The van der Waals surface area contributed by atoms with Gasteiger partial charge in [-0.2, -0.15) is 0 Å². The average Bonchev–Trinajstić information content (AvgIpc) is 2.46. The fourth-order valence-electron chi connectivity index (χ4n) is 2.40. The maximum atomic E-state index is 5.82. The van der Waals surface area contributed by atoms with Crippen LogP contribution in [-0.4, -0.2) is 41.1 Å². The zero-order valence-corrected chi connectivity index (χ0v) is 12.6.